The molecule has 0 spiro atoms. The van der Waals surface area contributed by atoms with Gasteiger partial charge in [0.2, 0.25) is 16.6 Å². The molecule has 0 aliphatic heterocycles. The molecule has 0 fully saturated rings. The normalized spacial score (nSPS) is 12.2. The van der Waals surface area contributed by atoms with Crippen LogP contribution < -0.4 is 13.6 Å². The van der Waals surface area contributed by atoms with Crippen LogP contribution in [0.15, 0.2) is 18.2 Å². The summed E-state index contributed by atoms with van der Waals surface area (Å²) in [4.78, 5) is 0. The number of hydrogen-bond donors (Lipinski definition) is 0. The van der Waals surface area contributed by atoms with E-state index in [-0.39, 0.29) is 0 Å². The molecule has 0 atom stereocenters. The van der Waals surface area contributed by atoms with Crippen molar-refractivity contribution in [2.24, 2.45) is 0 Å². The third kappa shape index (κ3) is 4.74. The fourth-order valence-electron chi connectivity index (χ4n) is 1.47. The first kappa shape index (κ1) is 15.1. The second kappa shape index (κ2) is 5.36. The van der Waals surface area contributed by atoms with Crippen LogP contribution >= 0.6 is 0 Å². The lowest BCUT2D eigenvalue weighted by Crippen LogP contribution is -2.32. The number of rotatable bonds is 5. The summed E-state index contributed by atoms with van der Waals surface area (Å²) in [6.45, 7) is 12.9. The van der Waals surface area contributed by atoms with E-state index in [0.717, 1.165) is 17.2 Å². The third-order valence-electron chi connectivity index (χ3n) is 1.99. The van der Waals surface area contributed by atoms with Gasteiger partial charge in [0.1, 0.15) is 5.75 Å². The van der Waals surface area contributed by atoms with Crippen molar-refractivity contribution in [1.82, 2.24) is 0 Å². The highest BCUT2D eigenvalue weighted by Gasteiger charge is 2.25. The van der Waals surface area contributed by atoms with Gasteiger partial charge in [0.15, 0.2) is 11.5 Å². The molecule has 0 aromatic heterocycles. The van der Waals surface area contributed by atoms with E-state index in [4.69, 9.17) is 13.6 Å². The third-order valence-corrected chi connectivity index (χ3v) is 3.64. The Hall–Kier alpha value is -0.946. The number of hydrogen-bond acceptors (Lipinski definition) is 3. The summed E-state index contributed by atoms with van der Waals surface area (Å²) in [6, 6.07) is 5.80. The average Bonchev–Trinajstić information content (AvgIpc) is 2.16. The minimum absolute atomic E-state index is 0.744. The van der Waals surface area contributed by atoms with Gasteiger partial charge < -0.3 is 13.6 Å². The lowest BCUT2D eigenvalue weighted by molar-refractivity contribution is 0.383. The van der Waals surface area contributed by atoms with Crippen LogP contribution in [-0.2, 0) is 0 Å². The van der Waals surface area contributed by atoms with Gasteiger partial charge in [0.25, 0.3) is 0 Å². The van der Waals surface area contributed by atoms with Gasteiger partial charge in [-0.3, -0.25) is 0 Å². The van der Waals surface area contributed by atoms with E-state index in [1.165, 1.54) is 0 Å². The molecule has 0 saturated carbocycles. The zero-order valence-corrected chi connectivity index (χ0v) is 14.5. The van der Waals surface area contributed by atoms with E-state index in [1.807, 2.05) is 18.2 Å². The molecule has 0 bridgehead atoms. The maximum atomic E-state index is 6.11. The second-order valence-electron chi connectivity index (χ2n) is 6.22. The van der Waals surface area contributed by atoms with E-state index in [0.29, 0.717) is 0 Å². The Balaban J connectivity index is 3.16. The SMILES string of the molecule is COc1cccc(O[Si](C)(C)C)c1O[Si](C)(C)C. The van der Waals surface area contributed by atoms with Crippen LogP contribution in [0.5, 0.6) is 17.2 Å². The molecule has 1 aromatic rings. The fourth-order valence-corrected chi connectivity index (χ4v) is 3.11. The van der Waals surface area contributed by atoms with Crippen molar-refractivity contribution < 1.29 is 13.6 Å². The van der Waals surface area contributed by atoms with E-state index >= 15 is 0 Å². The van der Waals surface area contributed by atoms with Crippen LogP contribution in [0.2, 0.25) is 39.3 Å². The van der Waals surface area contributed by atoms with Crippen LogP contribution in [0.1, 0.15) is 0 Å². The Labute approximate surface area is 112 Å². The van der Waals surface area contributed by atoms with E-state index < -0.39 is 16.6 Å². The molecule has 1 rings (SSSR count). The summed E-state index contributed by atoms with van der Waals surface area (Å²) in [7, 11) is -1.70. The highest BCUT2D eigenvalue weighted by molar-refractivity contribution is 6.71. The van der Waals surface area contributed by atoms with Crippen LogP contribution in [0.3, 0.4) is 0 Å². The number of benzene rings is 1. The summed E-state index contributed by atoms with van der Waals surface area (Å²) >= 11 is 0. The Morgan fingerprint density at radius 1 is 0.778 bits per heavy atom. The highest BCUT2D eigenvalue weighted by atomic mass is 28.4. The van der Waals surface area contributed by atoms with Gasteiger partial charge in [-0.15, -0.1) is 0 Å². The average molecular weight is 285 g/mol. The molecule has 18 heavy (non-hydrogen) atoms. The van der Waals surface area contributed by atoms with Crippen molar-refractivity contribution in [3.63, 3.8) is 0 Å². The molecule has 0 heterocycles. The lowest BCUT2D eigenvalue weighted by Gasteiger charge is -2.26. The standard InChI is InChI=1S/C13H24O3Si2/c1-14-11-9-8-10-12(15-17(2,3)4)13(11)16-18(5,6)7/h8-10H,1-7H3. The maximum Gasteiger partial charge on any atom is 0.242 e. The molecule has 0 saturated heterocycles. The molecular weight excluding hydrogens is 260 g/mol. The molecule has 0 amide bonds. The first-order chi connectivity index (χ1) is 8.12. The Kier molecular flexibility index (Phi) is 4.50. The molecule has 0 radical (unpaired) electrons. The van der Waals surface area contributed by atoms with Crippen molar-refractivity contribution in [2.45, 2.75) is 39.3 Å². The Morgan fingerprint density at radius 2 is 1.28 bits per heavy atom. The second-order valence-corrected chi connectivity index (χ2v) is 15.1. The maximum absolute atomic E-state index is 6.11. The number of ether oxygens (including phenoxy) is 1. The summed E-state index contributed by atoms with van der Waals surface area (Å²) in [6.07, 6.45) is 0. The van der Waals surface area contributed by atoms with Crippen molar-refractivity contribution in [3.05, 3.63) is 18.2 Å². The summed E-state index contributed by atoms with van der Waals surface area (Å²) < 4.78 is 17.6. The number of methoxy groups -OCH3 is 1. The van der Waals surface area contributed by atoms with Gasteiger partial charge >= 0.3 is 0 Å². The predicted molar refractivity (Wildman–Crippen MR) is 80.9 cm³/mol. The molecule has 0 aliphatic rings. The Morgan fingerprint density at radius 3 is 1.72 bits per heavy atom. The largest absolute Gasteiger partial charge is 0.542 e. The van der Waals surface area contributed by atoms with Crippen LogP contribution in [0.25, 0.3) is 0 Å². The quantitative estimate of drug-likeness (QED) is 0.761. The topological polar surface area (TPSA) is 27.7 Å². The van der Waals surface area contributed by atoms with Gasteiger partial charge in [0, 0.05) is 0 Å². The monoisotopic (exact) mass is 284 g/mol. The predicted octanol–water partition coefficient (Wildman–Crippen LogP) is 4.12. The molecule has 0 aliphatic carbocycles. The molecular formula is C13H24O3Si2. The molecule has 102 valence electrons. The molecule has 5 heteroatoms. The van der Waals surface area contributed by atoms with E-state index in [2.05, 4.69) is 39.3 Å². The van der Waals surface area contributed by atoms with Crippen LogP contribution in [-0.4, -0.2) is 23.7 Å². The van der Waals surface area contributed by atoms with Crippen molar-refractivity contribution >= 4 is 16.6 Å². The van der Waals surface area contributed by atoms with Crippen LogP contribution in [0.4, 0.5) is 0 Å². The first-order valence-corrected chi connectivity index (χ1v) is 13.0. The smallest absolute Gasteiger partial charge is 0.242 e. The van der Waals surface area contributed by atoms with Crippen LogP contribution in [0, 0.1) is 0 Å². The Bertz CT molecular complexity index is 406. The highest BCUT2D eigenvalue weighted by Crippen LogP contribution is 2.39. The zero-order chi connectivity index (χ0) is 14.0. The molecule has 0 N–H and O–H groups in total. The van der Waals surface area contributed by atoms with Gasteiger partial charge in [-0.25, -0.2) is 0 Å². The summed E-state index contributed by atoms with van der Waals surface area (Å²) in [5.74, 6) is 2.30. The molecule has 3 nitrogen and oxygen atoms in total. The van der Waals surface area contributed by atoms with E-state index in [9.17, 15) is 0 Å². The summed E-state index contributed by atoms with van der Waals surface area (Å²) in [5, 5.41) is 0. The minimum atomic E-state index is -1.70. The van der Waals surface area contributed by atoms with Gasteiger partial charge in [0.05, 0.1) is 7.11 Å². The zero-order valence-electron chi connectivity index (χ0n) is 12.5. The van der Waals surface area contributed by atoms with Gasteiger partial charge in [-0.2, -0.15) is 0 Å². The fraction of sp³-hybridized carbons (Fsp3) is 0.538. The van der Waals surface area contributed by atoms with Crippen molar-refractivity contribution in [1.29, 1.82) is 0 Å². The lowest BCUT2D eigenvalue weighted by atomic mass is 10.3. The molecule has 0 unspecified atom stereocenters. The van der Waals surface area contributed by atoms with Crippen molar-refractivity contribution in [2.75, 3.05) is 7.11 Å². The van der Waals surface area contributed by atoms with Gasteiger partial charge in [-0.1, -0.05) is 6.07 Å². The molecule has 1 aromatic carbocycles. The number of para-hydroxylation sites is 1. The first-order valence-electron chi connectivity index (χ1n) is 6.17. The minimum Gasteiger partial charge on any atom is -0.542 e. The van der Waals surface area contributed by atoms with Gasteiger partial charge in [-0.05, 0) is 51.4 Å². The summed E-state index contributed by atoms with van der Waals surface area (Å²) in [5.41, 5.74) is 0. The van der Waals surface area contributed by atoms with Crippen molar-refractivity contribution in [3.8, 4) is 17.2 Å². The van der Waals surface area contributed by atoms with E-state index in [1.54, 1.807) is 7.11 Å².